The number of ether oxygens (including phenoxy) is 2. The molecular weight excluding hydrogens is 238 g/mol. The van der Waals surface area contributed by atoms with Crippen molar-refractivity contribution in [3.8, 4) is 0 Å². The van der Waals surface area contributed by atoms with Crippen molar-refractivity contribution < 1.29 is 23.9 Å². The number of rotatable bonds is 4. The minimum atomic E-state index is -0.894. The summed E-state index contributed by atoms with van der Waals surface area (Å²) in [5.41, 5.74) is -0.326. The predicted octanol–water partition coefficient (Wildman–Crippen LogP) is 0.316. The molecule has 1 aliphatic heterocycles. The van der Waals surface area contributed by atoms with Gasteiger partial charge in [-0.3, -0.25) is 9.59 Å². The van der Waals surface area contributed by atoms with Gasteiger partial charge in [-0.25, -0.2) is 4.79 Å². The summed E-state index contributed by atoms with van der Waals surface area (Å²) in [5.74, 6) is -1.66. The number of carbonyl (C=O) groups excluding carboxylic acids is 3. The van der Waals surface area contributed by atoms with Crippen molar-refractivity contribution in [3.05, 3.63) is 12.2 Å². The van der Waals surface area contributed by atoms with Gasteiger partial charge in [-0.05, 0) is 20.8 Å². The van der Waals surface area contributed by atoms with Gasteiger partial charge in [0.1, 0.15) is 12.1 Å². The zero-order chi connectivity index (χ0) is 13.9. The van der Waals surface area contributed by atoms with Gasteiger partial charge in [-0.15, -0.1) is 0 Å². The van der Waals surface area contributed by atoms with Gasteiger partial charge in [0.05, 0.1) is 0 Å². The van der Waals surface area contributed by atoms with Crippen LogP contribution in [0.15, 0.2) is 12.2 Å². The van der Waals surface area contributed by atoms with Crippen molar-refractivity contribution in [1.82, 2.24) is 5.32 Å². The van der Waals surface area contributed by atoms with Crippen LogP contribution in [0.3, 0.4) is 0 Å². The second-order valence-electron chi connectivity index (χ2n) is 4.83. The molecular formula is C12H17NO5. The van der Waals surface area contributed by atoms with Crippen LogP contribution in [0.5, 0.6) is 0 Å². The molecule has 1 atom stereocenters. The molecule has 0 radical (unpaired) electrons. The molecule has 1 N–H and O–H groups in total. The standard InChI is InChI=1S/C12H17NO5/c1-7(2)10(15)13-6-9(14)17-8-5-12(3,4)18-11(8)16/h8H,1,5-6H2,2-4H3,(H,13,15). The van der Waals surface area contributed by atoms with E-state index in [-0.39, 0.29) is 6.54 Å². The van der Waals surface area contributed by atoms with E-state index in [0.29, 0.717) is 12.0 Å². The Balaban J connectivity index is 2.40. The molecule has 0 aliphatic carbocycles. The van der Waals surface area contributed by atoms with Gasteiger partial charge in [0.2, 0.25) is 12.0 Å². The van der Waals surface area contributed by atoms with Gasteiger partial charge in [-0.2, -0.15) is 0 Å². The summed E-state index contributed by atoms with van der Waals surface area (Å²) in [4.78, 5) is 33.9. The first-order valence-corrected chi connectivity index (χ1v) is 5.57. The van der Waals surface area contributed by atoms with Crippen LogP contribution in [-0.4, -0.2) is 36.1 Å². The Hall–Kier alpha value is -1.85. The summed E-state index contributed by atoms with van der Waals surface area (Å²) in [6.45, 7) is 8.13. The SMILES string of the molecule is C=C(C)C(=O)NCC(=O)OC1CC(C)(C)OC1=O. The fourth-order valence-corrected chi connectivity index (χ4v) is 1.50. The highest BCUT2D eigenvalue weighted by Gasteiger charge is 2.42. The molecule has 1 rings (SSSR count). The van der Waals surface area contributed by atoms with E-state index in [2.05, 4.69) is 11.9 Å². The molecule has 1 aliphatic rings. The van der Waals surface area contributed by atoms with E-state index in [1.54, 1.807) is 13.8 Å². The summed E-state index contributed by atoms with van der Waals surface area (Å²) >= 11 is 0. The highest BCUT2D eigenvalue weighted by molar-refractivity contribution is 5.94. The molecule has 0 spiro atoms. The van der Waals surface area contributed by atoms with Gasteiger partial charge >= 0.3 is 11.9 Å². The van der Waals surface area contributed by atoms with Crippen molar-refractivity contribution in [2.24, 2.45) is 0 Å². The molecule has 1 unspecified atom stereocenters. The van der Waals surface area contributed by atoms with Gasteiger partial charge < -0.3 is 14.8 Å². The highest BCUT2D eigenvalue weighted by Crippen LogP contribution is 2.27. The average molecular weight is 255 g/mol. The smallest absolute Gasteiger partial charge is 0.348 e. The van der Waals surface area contributed by atoms with Crippen LogP contribution in [0.1, 0.15) is 27.2 Å². The number of esters is 2. The van der Waals surface area contributed by atoms with E-state index in [4.69, 9.17) is 9.47 Å². The summed E-state index contributed by atoms with van der Waals surface area (Å²) < 4.78 is 9.94. The molecule has 100 valence electrons. The third kappa shape index (κ3) is 3.87. The maximum atomic E-state index is 11.4. The van der Waals surface area contributed by atoms with Crippen LogP contribution in [0.25, 0.3) is 0 Å². The van der Waals surface area contributed by atoms with E-state index < -0.39 is 29.6 Å². The minimum absolute atomic E-state index is 0.296. The number of hydrogen-bond donors (Lipinski definition) is 1. The summed E-state index contributed by atoms with van der Waals surface area (Å²) in [6, 6.07) is 0. The van der Waals surface area contributed by atoms with Gasteiger partial charge in [-0.1, -0.05) is 6.58 Å². The lowest BCUT2D eigenvalue weighted by atomic mass is 10.0. The van der Waals surface area contributed by atoms with E-state index in [9.17, 15) is 14.4 Å². The third-order valence-corrected chi connectivity index (χ3v) is 2.37. The zero-order valence-electron chi connectivity index (χ0n) is 10.7. The lowest BCUT2D eigenvalue weighted by molar-refractivity contribution is -0.161. The summed E-state index contributed by atoms with van der Waals surface area (Å²) in [7, 11) is 0. The first kappa shape index (κ1) is 14.2. The van der Waals surface area contributed by atoms with Crippen LogP contribution in [-0.2, 0) is 23.9 Å². The molecule has 1 amide bonds. The van der Waals surface area contributed by atoms with Gasteiger partial charge in [0.15, 0.2) is 0 Å². The highest BCUT2D eigenvalue weighted by atomic mass is 16.6. The Morgan fingerprint density at radius 2 is 2.17 bits per heavy atom. The number of nitrogens with one attached hydrogen (secondary N) is 1. The summed E-state index contributed by atoms with van der Waals surface area (Å²) in [6.07, 6.45) is -0.583. The van der Waals surface area contributed by atoms with Crippen LogP contribution < -0.4 is 5.32 Å². The fourth-order valence-electron chi connectivity index (χ4n) is 1.50. The Morgan fingerprint density at radius 1 is 1.56 bits per heavy atom. The molecule has 0 aromatic rings. The largest absolute Gasteiger partial charge is 0.457 e. The minimum Gasteiger partial charge on any atom is -0.457 e. The monoisotopic (exact) mass is 255 g/mol. The predicted molar refractivity (Wildman–Crippen MR) is 62.5 cm³/mol. The molecule has 1 saturated heterocycles. The van der Waals surface area contributed by atoms with Crippen molar-refractivity contribution in [3.63, 3.8) is 0 Å². The number of amides is 1. The van der Waals surface area contributed by atoms with Crippen molar-refractivity contribution in [1.29, 1.82) is 0 Å². The third-order valence-electron chi connectivity index (χ3n) is 2.37. The molecule has 6 nitrogen and oxygen atoms in total. The number of cyclic esters (lactones) is 1. The van der Waals surface area contributed by atoms with Crippen LogP contribution >= 0.6 is 0 Å². The first-order valence-electron chi connectivity index (χ1n) is 5.57. The maximum absolute atomic E-state index is 11.4. The molecule has 1 heterocycles. The topological polar surface area (TPSA) is 81.7 Å². The summed E-state index contributed by atoms with van der Waals surface area (Å²) in [5, 5.41) is 2.33. The molecule has 0 saturated carbocycles. The second-order valence-corrected chi connectivity index (χ2v) is 4.83. The number of hydrogen-bond acceptors (Lipinski definition) is 5. The molecule has 6 heteroatoms. The average Bonchev–Trinajstić information content (AvgIpc) is 2.48. The Bertz CT molecular complexity index is 399. The van der Waals surface area contributed by atoms with E-state index in [1.807, 2.05) is 0 Å². The lowest BCUT2D eigenvalue weighted by Gasteiger charge is -2.14. The maximum Gasteiger partial charge on any atom is 0.348 e. The van der Waals surface area contributed by atoms with E-state index >= 15 is 0 Å². The lowest BCUT2D eigenvalue weighted by Crippen LogP contribution is -2.34. The van der Waals surface area contributed by atoms with Gasteiger partial charge in [0, 0.05) is 12.0 Å². The fraction of sp³-hybridized carbons (Fsp3) is 0.583. The normalized spacial score (nSPS) is 21.1. The Kier molecular flexibility index (Phi) is 4.11. The molecule has 1 fully saturated rings. The molecule has 0 aromatic heterocycles. The Morgan fingerprint density at radius 3 is 2.61 bits per heavy atom. The number of carbonyl (C=O) groups is 3. The van der Waals surface area contributed by atoms with Crippen molar-refractivity contribution in [2.75, 3.05) is 6.54 Å². The first-order chi connectivity index (χ1) is 8.21. The molecule has 18 heavy (non-hydrogen) atoms. The van der Waals surface area contributed by atoms with Crippen molar-refractivity contribution in [2.45, 2.75) is 38.9 Å². The van der Waals surface area contributed by atoms with Crippen LogP contribution in [0, 0.1) is 0 Å². The quantitative estimate of drug-likeness (QED) is 0.577. The second kappa shape index (κ2) is 5.20. The molecule has 0 aromatic carbocycles. The zero-order valence-corrected chi connectivity index (χ0v) is 10.7. The Labute approximate surface area is 105 Å². The van der Waals surface area contributed by atoms with E-state index in [0.717, 1.165) is 0 Å². The van der Waals surface area contributed by atoms with Crippen LogP contribution in [0.2, 0.25) is 0 Å². The van der Waals surface area contributed by atoms with Gasteiger partial charge in [0.25, 0.3) is 0 Å². The molecule has 0 bridgehead atoms. The van der Waals surface area contributed by atoms with Crippen LogP contribution in [0.4, 0.5) is 0 Å². The van der Waals surface area contributed by atoms with E-state index in [1.165, 1.54) is 6.92 Å². The van der Waals surface area contributed by atoms with Crippen molar-refractivity contribution >= 4 is 17.8 Å².